The van der Waals surface area contributed by atoms with E-state index >= 15 is 0 Å². The number of nitrogens with zero attached hydrogens (tertiary/aromatic N) is 1. The van der Waals surface area contributed by atoms with E-state index in [-0.39, 0.29) is 11.8 Å². The Balaban J connectivity index is 2.14. The minimum absolute atomic E-state index is 0.0195. The summed E-state index contributed by atoms with van der Waals surface area (Å²) >= 11 is 0. The number of carbonyl (C=O) groups is 2. The number of rotatable bonds is 8. The van der Waals surface area contributed by atoms with Gasteiger partial charge in [-0.05, 0) is 43.9 Å². The predicted molar refractivity (Wildman–Crippen MR) is 105 cm³/mol. The second-order valence-corrected chi connectivity index (χ2v) is 6.50. The van der Waals surface area contributed by atoms with E-state index in [1.165, 1.54) is 0 Å². The van der Waals surface area contributed by atoms with Crippen LogP contribution in [-0.2, 0) is 22.4 Å². The first-order chi connectivity index (χ1) is 12.5. The highest BCUT2D eigenvalue weighted by Crippen LogP contribution is 2.12. The normalized spacial score (nSPS) is 11.7. The Labute approximate surface area is 156 Å². The molecule has 0 fully saturated rings. The predicted octanol–water partition coefficient (Wildman–Crippen LogP) is 3.13. The summed E-state index contributed by atoms with van der Waals surface area (Å²) in [4.78, 5) is 27.0. The molecule has 1 N–H and O–H groups in total. The van der Waals surface area contributed by atoms with Crippen LogP contribution in [0, 0.1) is 6.92 Å². The quantitative estimate of drug-likeness (QED) is 0.793. The fraction of sp³-hybridized carbons (Fsp3) is 0.364. The Kier molecular flexibility index (Phi) is 7.39. The molecule has 0 aliphatic rings. The molecule has 4 nitrogen and oxygen atoms in total. The van der Waals surface area contributed by atoms with Crippen LogP contribution in [0.1, 0.15) is 30.5 Å². The Morgan fingerprint density at radius 1 is 1.04 bits per heavy atom. The van der Waals surface area contributed by atoms with Crippen LogP contribution in [0.5, 0.6) is 0 Å². The van der Waals surface area contributed by atoms with E-state index in [0.29, 0.717) is 19.5 Å². The standard InChI is InChI=1S/C22H28N2O2/c1-4-23-22(26)18(3)24(15-14-19-11-6-5-7-12-19)21(25)16-20-13-9-8-10-17(20)2/h5-13,18H,4,14-16H2,1-3H3,(H,23,26)/t18-/m0/s1. The van der Waals surface area contributed by atoms with E-state index < -0.39 is 6.04 Å². The van der Waals surface area contributed by atoms with Gasteiger partial charge in [-0.15, -0.1) is 0 Å². The average molecular weight is 352 g/mol. The van der Waals surface area contributed by atoms with Crippen LogP contribution in [0.3, 0.4) is 0 Å². The van der Waals surface area contributed by atoms with Crippen LogP contribution in [0.2, 0.25) is 0 Å². The highest BCUT2D eigenvalue weighted by atomic mass is 16.2. The molecule has 138 valence electrons. The lowest BCUT2D eigenvalue weighted by Gasteiger charge is -2.29. The van der Waals surface area contributed by atoms with Crippen LogP contribution in [0.15, 0.2) is 54.6 Å². The summed E-state index contributed by atoms with van der Waals surface area (Å²) in [7, 11) is 0. The largest absolute Gasteiger partial charge is 0.355 e. The van der Waals surface area contributed by atoms with Crippen molar-refractivity contribution in [3.63, 3.8) is 0 Å². The molecule has 26 heavy (non-hydrogen) atoms. The molecule has 0 aromatic heterocycles. The number of benzene rings is 2. The second-order valence-electron chi connectivity index (χ2n) is 6.50. The zero-order chi connectivity index (χ0) is 18.9. The third-order valence-corrected chi connectivity index (χ3v) is 4.61. The molecule has 2 aromatic rings. The van der Waals surface area contributed by atoms with Crippen molar-refractivity contribution >= 4 is 11.8 Å². The highest BCUT2D eigenvalue weighted by Gasteiger charge is 2.25. The minimum atomic E-state index is -0.491. The van der Waals surface area contributed by atoms with Crippen LogP contribution in [-0.4, -0.2) is 35.8 Å². The minimum Gasteiger partial charge on any atom is -0.355 e. The highest BCUT2D eigenvalue weighted by molar-refractivity contribution is 5.88. The number of likely N-dealkylation sites (N-methyl/N-ethyl adjacent to an activating group) is 1. The van der Waals surface area contributed by atoms with Gasteiger partial charge in [-0.1, -0.05) is 54.6 Å². The first kappa shape index (κ1) is 19.7. The van der Waals surface area contributed by atoms with Gasteiger partial charge in [0.05, 0.1) is 6.42 Å². The second kappa shape index (κ2) is 9.76. The van der Waals surface area contributed by atoms with Crippen molar-refractivity contribution in [3.05, 3.63) is 71.3 Å². The molecule has 0 aliphatic carbocycles. The van der Waals surface area contributed by atoms with Gasteiger partial charge in [-0.25, -0.2) is 0 Å². The van der Waals surface area contributed by atoms with E-state index in [1.54, 1.807) is 11.8 Å². The van der Waals surface area contributed by atoms with E-state index in [9.17, 15) is 9.59 Å². The van der Waals surface area contributed by atoms with Crippen molar-refractivity contribution in [2.24, 2.45) is 0 Å². The molecule has 0 saturated carbocycles. The van der Waals surface area contributed by atoms with Crippen LogP contribution < -0.4 is 5.32 Å². The van der Waals surface area contributed by atoms with Crippen LogP contribution in [0.25, 0.3) is 0 Å². The number of carbonyl (C=O) groups excluding carboxylic acids is 2. The molecule has 0 unspecified atom stereocenters. The Morgan fingerprint density at radius 3 is 2.35 bits per heavy atom. The van der Waals surface area contributed by atoms with E-state index in [0.717, 1.165) is 23.1 Å². The summed E-state index contributed by atoms with van der Waals surface area (Å²) in [6.45, 7) is 6.76. The monoisotopic (exact) mass is 352 g/mol. The summed E-state index contributed by atoms with van der Waals surface area (Å²) in [6.07, 6.45) is 1.04. The van der Waals surface area contributed by atoms with E-state index in [1.807, 2.05) is 68.4 Å². The molecule has 2 aromatic carbocycles. The number of hydrogen-bond acceptors (Lipinski definition) is 2. The molecular weight excluding hydrogens is 324 g/mol. The maximum Gasteiger partial charge on any atom is 0.242 e. The smallest absolute Gasteiger partial charge is 0.242 e. The number of nitrogens with one attached hydrogen (secondary N) is 1. The van der Waals surface area contributed by atoms with Crippen molar-refractivity contribution in [1.29, 1.82) is 0 Å². The van der Waals surface area contributed by atoms with Gasteiger partial charge in [0.2, 0.25) is 11.8 Å². The van der Waals surface area contributed by atoms with Crippen molar-refractivity contribution in [2.75, 3.05) is 13.1 Å². The van der Waals surface area contributed by atoms with Crippen molar-refractivity contribution in [1.82, 2.24) is 10.2 Å². The lowest BCUT2D eigenvalue weighted by atomic mass is 10.0. The maximum absolute atomic E-state index is 13.0. The van der Waals surface area contributed by atoms with Gasteiger partial charge in [0.15, 0.2) is 0 Å². The van der Waals surface area contributed by atoms with Crippen molar-refractivity contribution in [3.8, 4) is 0 Å². The van der Waals surface area contributed by atoms with Crippen LogP contribution >= 0.6 is 0 Å². The molecule has 0 aliphatic heterocycles. The summed E-state index contributed by atoms with van der Waals surface area (Å²) in [5, 5.41) is 2.82. The first-order valence-electron chi connectivity index (χ1n) is 9.18. The first-order valence-corrected chi connectivity index (χ1v) is 9.18. The fourth-order valence-electron chi connectivity index (χ4n) is 2.96. The third kappa shape index (κ3) is 5.45. The van der Waals surface area contributed by atoms with Gasteiger partial charge < -0.3 is 10.2 Å². The molecule has 0 spiro atoms. The summed E-state index contributed by atoms with van der Waals surface area (Å²) < 4.78 is 0. The average Bonchev–Trinajstić information content (AvgIpc) is 2.64. The molecule has 4 heteroatoms. The summed E-state index contributed by atoms with van der Waals surface area (Å²) in [6, 6.07) is 17.4. The van der Waals surface area contributed by atoms with Crippen LogP contribution in [0.4, 0.5) is 0 Å². The van der Waals surface area contributed by atoms with Gasteiger partial charge in [0, 0.05) is 13.1 Å². The molecule has 2 amide bonds. The fourth-order valence-corrected chi connectivity index (χ4v) is 2.96. The maximum atomic E-state index is 13.0. The lowest BCUT2D eigenvalue weighted by molar-refractivity contribution is -0.139. The zero-order valence-corrected chi connectivity index (χ0v) is 15.9. The zero-order valence-electron chi connectivity index (χ0n) is 15.9. The summed E-state index contributed by atoms with van der Waals surface area (Å²) in [5.74, 6) is -0.132. The molecule has 0 radical (unpaired) electrons. The van der Waals surface area contributed by atoms with Gasteiger partial charge in [0.1, 0.15) is 6.04 Å². The van der Waals surface area contributed by atoms with E-state index in [4.69, 9.17) is 0 Å². The Bertz CT molecular complexity index is 728. The molecule has 0 saturated heterocycles. The van der Waals surface area contributed by atoms with Gasteiger partial charge in [-0.2, -0.15) is 0 Å². The Hall–Kier alpha value is -2.62. The number of hydrogen-bond donors (Lipinski definition) is 1. The molecule has 2 rings (SSSR count). The SMILES string of the molecule is CCNC(=O)[C@H](C)N(CCc1ccccc1)C(=O)Cc1ccccc1C. The third-order valence-electron chi connectivity index (χ3n) is 4.61. The Morgan fingerprint density at radius 2 is 1.69 bits per heavy atom. The molecule has 0 bridgehead atoms. The van der Waals surface area contributed by atoms with Gasteiger partial charge in [0.25, 0.3) is 0 Å². The van der Waals surface area contributed by atoms with E-state index in [2.05, 4.69) is 5.32 Å². The van der Waals surface area contributed by atoms with Gasteiger partial charge >= 0.3 is 0 Å². The molecule has 0 heterocycles. The van der Waals surface area contributed by atoms with Crippen molar-refractivity contribution in [2.45, 2.75) is 39.7 Å². The van der Waals surface area contributed by atoms with Crippen molar-refractivity contribution < 1.29 is 9.59 Å². The summed E-state index contributed by atoms with van der Waals surface area (Å²) in [5.41, 5.74) is 3.25. The number of amides is 2. The topological polar surface area (TPSA) is 49.4 Å². The van der Waals surface area contributed by atoms with Gasteiger partial charge in [-0.3, -0.25) is 9.59 Å². The number of aryl methyl sites for hydroxylation is 1. The molecule has 1 atom stereocenters. The molecular formula is C22H28N2O2. The lowest BCUT2D eigenvalue weighted by Crippen LogP contribution is -2.49.